The topological polar surface area (TPSA) is 44.7 Å². The minimum atomic E-state index is 0. The number of phenolic OH excluding ortho intramolecular Hbond substituents is 1. The van der Waals surface area contributed by atoms with Crippen molar-refractivity contribution in [3.05, 3.63) is 35.9 Å². The Bertz CT molecular complexity index is 477. The molecule has 0 spiro atoms. The highest BCUT2D eigenvalue weighted by molar-refractivity contribution is 5.85. The van der Waals surface area contributed by atoms with Crippen LogP contribution in [0.15, 0.2) is 30.4 Å². The Labute approximate surface area is 145 Å². The summed E-state index contributed by atoms with van der Waals surface area (Å²) >= 11 is 0. The molecule has 2 N–H and O–H groups in total. The van der Waals surface area contributed by atoms with E-state index in [2.05, 4.69) is 23.7 Å². The zero-order valence-corrected chi connectivity index (χ0v) is 14.8. The number of methoxy groups -OCH3 is 1. The summed E-state index contributed by atoms with van der Waals surface area (Å²) in [5, 5.41) is 13.0. The first-order chi connectivity index (χ1) is 9.61. The van der Waals surface area contributed by atoms with E-state index in [4.69, 9.17) is 4.74 Å². The summed E-state index contributed by atoms with van der Waals surface area (Å²) in [4.78, 5) is 2.46. The Morgan fingerprint density at radius 3 is 2.55 bits per heavy atom. The second-order valence-corrected chi connectivity index (χ2v) is 5.39. The molecule has 6 heteroatoms. The van der Waals surface area contributed by atoms with E-state index in [1.54, 1.807) is 19.2 Å². The van der Waals surface area contributed by atoms with Gasteiger partial charge < -0.3 is 15.2 Å². The minimum Gasteiger partial charge on any atom is -0.508 e. The van der Waals surface area contributed by atoms with Crippen LogP contribution in [0.5, 0.6) is 11.5 Å². The summed E-state index contributed by atoms with van der Waals surface area (Å²) in [6, 6.07) is 5.63. The van der Waals surface area contributed by atoms with Crippen LogP contribution in [0.2, 0.25) is 0 Å². The fraction of sp³-hybridized carbons (Fsp3) is 0.500. The molecule has 2 rings (SSSR count). The third kappa shape index (κ3) is 5.36. The van der Waals surface area contributed by atoms with Crippen LogP contribution >= 0.6 is 24.8 Å². The van der Waals surface area contributed by atoms with Gasteiger partial charge in [0.25, 0.3) is 0 Å². The van der Waals surface area contributed by atoms with Crippen LogP contribution in [0.25, 0.3) is 0 Å². The molecular formula is C16H26Cl2N2O2. The number of benzene rings is 1. The van der Waals surface area contributed by atoms with E-state index in [0.717, 1.165) is 49.5 Å². The van der Waals surface area contributed by atoms with Crippen molar-refractivity contribution in [3.63, 3.8) is 0 Å². The van der Waals surface area contributed by atoms with E-state index < -0.39 is 0 Å². The first-order valence-electron chi connectivity index (χ1n) is 7.08. The summed E-state index contributed by atoms with van der Waals surface area (Å²) in [6.45, 7) is 10.2. The van der Waals surface area contributed by atoms with Crippen molar-refractivity contribution >= 4 is 24.8 Å². The van der Waals surface area contributed by atoms with Crippen molar-refractivity contribution in [2.75, 3.05) is 33.3 Å². The number of hydrogen-bond acceptors (Lipinski definition) is 4. The summed E-state index contributed by atoms with van der Waals surface area (Å²) in [5.74, 6) is 0.981. The number of nitrogens with one attached hydrogen (secondary N) is 1. The van der Waals surface area contributed by atoms with Gasteiger partial charge in [0, 0.05) is 43.9 Å². The standard InChI is InChI=1S/C16H24N2O2.2ClH/c1-12(2)10-15(18-8-6-17-7-9-18)14-5-4-13(19)11-16(14)20-3;;/h4-5,11,15,17,19H,1,6-10H2,2-3H3;2*1H/t15-;;/m0../s1. The minimum absolute atomic E-state index is 0. The van der Waals surface area contributed by atoms with E-state index >= 15 is 0 Å². The molecule has 126 valence electrons. The lowest BCUT2D eigenvalue weighted by Gasteiger charge is -2.36. The molecule has 0 aliphatic carbocycles. The highest BCUT2D eigenvalue weighted by Crippen LogP contribution is 2.35. The van der Waals surface area contributed by atoms with Crippen molar-refractivity contribution in [1.29, 1.82) is 0 Å². The SMILES string of the molecule is C=C(C)C[C@@H](c1ccc(O)cc1OC)N1CCNCC1.Cl.Cl. The summed E-state index contributed by atoms with van der Waals surface area (Å²) < 4.78 is 5.45. The fourth-order valence-corrected chi connectivity index (χ4v) is 2.73. The van der Waals surface area contributed by atoms with Gasteiger partial charge in [-0.05, 0) is 19.4 Å². The molecule has 1 aliphatic rings. The quantitative estimate of drug-likeness (QED) is 0.802. The molecule has 0 bridgehead atoms. The number of hydrogen-bond donors (Lipinski definition) is 2. The van der Waals surface area contributed by atoms with Gasteiger partial charge in [-0.25, -0.2) is 0 Å². The molecular weight excluding hydrogens is 323 g/mol. The molecule has 0 radical (unpaired) electrons. The summed E-state index contributed by atoms with van der Waals surface area (Å²) in [6.07, 6.45) is 0.904. The van der Waals surface area contributed by atoms with Gasteiger partial charge in [-0.2, -0.15) is 0 Å². The first-order valence-corrected chi connectivity index (χ1v) is 7.08. The predicted molar refractivity (Wildman–Crippen MR) is 95.8 cm³/mol. The average Bonchev–Trinajstić information content (AvgIpc) is 2.45. The second-order valence-electron chi connectivity index (χ2n) is 5.39. The van der Waals surface area contributed by atoms with Gasteiger partial charge in [0.15, 0.2) is 0 Å². The first kappa shape index (κ1) is 21.1. The number of ether oxygens (including phenoxy) is 1. The van der Waals surface area contributed by atoms with Crippen molar-refractivity contribution in [3.8, 4) is 11.5 Å². The number of piperazine rings is 1. The molecule has 4 nitrogen and oxygen atoms in total. The Kier molecular flexibility index (Phi) is 9.53. The van der Waals surface area contributed by atoms with Crippen molar-refractivity contribution in [2.45, 2.75) is 19.4 Å². The number of halogens is 2. The van der Waals surface area contributed by atoms with Crippen LogP contribution in [0.4, 0.5) is 0 Å². The molecule has 0 unspecified atom stereocenters. The normalized spacial score (nSPS) is 16.1. The highest BCUT2D eigenvalue weighted by Gasteiger charge is 2.25. The van der Waals surface area contributed by atoms with Crippen LogP contribution in [-0.4, -0.2) is 43.3 Å². The van der Waals surface area contributed by atoms with Crippen molar-refractivity contribution in [1.82, 2.24) is 10.2 Å². The number of nitrogens with zero attached hydrogens (tertiary/aromatic N) is 1. The molecule has 1 saturated heterocycles. The highest BCUT2D eigenvalue weighted by atomic mass is 35.5. The number of phenols is 1. The Morgan fingerprint density at radius 1 is 1.36 bits per heavy atom. The molecule has 0 saturated carbocycles. The van der Waals surface area contributed by atoms with Crippen LogP contribution < -0.4 is 10.1 Å². The smallest absolute Gasteiger partial charge is 0.127 e. The fourth-order valence-electron chi connectivity index (χ4n) is 2.73. The van der Waals surface area contributed by atoms with Gasteiger partial charge in [-0.15, -0.1) is 31.4 Å². The Hall–Kier alpha value is -0.940. The van der Waals surface area contributed by atoms with Gasteiger partial charge in [0.2, 0.25) is 0 Å². The van der Waals surface area contributed by atoms with E-state index in [9.17, 15) is 5.11 Å². The zero-order valence-electron chi connectivity index (χ0n) is 13.2. The Balaban J connectivity index is 0.00000220. The number of rotatable bonds is 5. The predicted octanol–water partition coefficient (Wildman–Crippen LogP) is 3.16. The van der Waals surface area contributed by atoms with Crippen molar-refractivity contribution in [2.24, 2.45) is 0 Å². The van der Waals surface area contributed by atoms with E-state index in [0.29, 0.717) is 0 Å². The maximum absolute atomic E-state index is 9.62. The lowest BCUT2D eigenvalue weighted by Crippen LogP contribution is -2.45. The molecule has 1 aromatic carbocycles. The van der Waals surface area contributed by atoms with Crippen LogP contribution in [0.3, 0.4) is 0 Å². The molecule has 1 fully saturated rings. The van der Waals surface area contributed by atoms with Gasteiger partial charge >= 0.3 is 0 Å². The van der Waals surface area contributed by atoms with Crippen molar-refractivity contribution < 1.29 is 9.84 Å². The zero-order chi connectivity index (χ0) is 14.5. The maximum Gasteiger partial charge on any atom is 0.127 e. The second kappa shape index (κ2) is 9.95. The lowest BCUT2D eigenvalue weighted by molar-refractivity contribution is 0.169. The molecule has 1 aromatic rings. The van der Waals surface area contributed by atoms with E-state index in [1.165, 1.54) is 0 Å². The van der Waals surface area contributed by atoms with Crippen LogP contribution in [-0.2, 0) is 0 Å². The summed E-state index contributed by atoms with van der Waals surface area (Å²) in [5.41, 5.74) is 2.28. The maximum atomic E-state index is 9.62. The number of aromatic hydroxyl groups is 1. The Morgan fingerprint density at radius 2 is 2.00 bits per heavy atom. The van der Waals surface area contributed by atoms with E-state index in [-0.39, 0.29) is 36.6 Å². The average molecular weight is 349 g/mol. The monoisotopic (exact) mass is 348 g/mol. The van der Waals surface area contributed by atoms with Gasteiger partial charge in [-0.1, -0.05) is 11.6 Å². The van der Waals surface area contributed by atoms with Gasteiger partial charge in [0.05, 0.1) is 7.11 Å². The van der Waals surface area contributed by atoms with Crippen LogP contribution in [0, 0.1) is 0 Å². The van der Waals surface area contributed by atoms with E-state index in [1.807, 2.05) is 6.07 Å². The lowest BCUT2D eigenvalue weighted by atomic mass is 9.97. The van der Waals surface area contributed by atoms with Crippen LogP contribution in [0.1, 0.15) is 24.9 Å². The molecule has 0 amide bonds. The molecule has 22 heavy (non-hydrogen) atoms. The molecule has 1 atom stereocenters. The third-order valence-electron chi connectivity index (χ3n) is 3.71. The van der Waals surface area contributed by atoms with Gasteiger partial charge in [-0.3, -0.25) is 4.90 Å². The molecule has 1 aliphatic heterocycles. The largest absolute Gasteiger partial charge is 0.508 e. The van der Waals surface area contributed by atoms with Gasteiger partial charge in [0.1, 0.15) is 11.5 Å². The molecule has 0 aromatic heterocycles. The summed E-state index contributed by atoms with van der Waals surface area (Å²) in [7, 11) is 1.65. The molecule has 1 heterocycles. The third-order valence-corrected chi connectivity index (χ3v) is 3.71.